The highest BCUT2D eigenvalue weighted by Gasteiger charge is 2.03. The fourth-order valence-electron chi connectivity index (χ4n) is 1.85. The maximum atomic E-state index is 12.9. The molecule has 2 aromatic carbocycles. The van der Waals surface area contributed by atoms with Crippen LogP contribution in [0.1, 0.15) is 5.56 Å². The summed E-state index contributed by atoms with van der Waals surface area (Å²) in [6, 6.07) is 11.9. The normalized spacial score (nSPS) is 10.4. The van der Waals surface area contributed by atoms with Crippen molar-refractivity contribution in [2.45, 2.75) is 6.54 Å². The highest BCUT2D eigenvalue weighted by molar-refractivity contribution is 6.32. The zero-order valence-electron chi connectivity index (χ0n) is 11.7. The fraction of sp³-hybridized carbons (Fsp3) is 0.250. The first-order valence-electron chi connectivity index (χ1n) is 6.63. The van der Waals surface area contributed by atoms with Gasteiger partial charge in [0.2, 0.25) is 0 Å². The van der Waals surface area contributed by atoms with Crippen molar-refractivity contribution in [3.05, 3.63) is 58.9 Å². The van der Waals surface area contributed by atoms with Gasteiger partial charge < -0.3 is 14.8 Å². The van der Waals surface area contributed by atoms with E-state index in [1.165, 1.54) is 18.2 Å². The summed E-state index contributed by atoms with van der Waals surface area (Å²) in [4.78, 5) is 0. The van der Waals surface area contributed by atoms with Gasteiger partial charge in [0.05, 0.1) is 5.02 Å². The van der Waals surface area contributed by atoms with E-state index in [-0.39, 0.29) is 10.8 Å². The van der Waals surface area contributed by atoms with Gasteiger partial charge in [0.25, 0.3) is 0 Å². The van der Waals surface area contributed by atoms with Crippen molar-refractivity contribution >= 4 is 11.6 Å². The number of rotatable bonds is 7. The molecule has 112 valence electrons. The molecule has 0 aromatic heterocycles. The lowest BCUT2D eigenvalue weighted by Gasteiger charge is -2.10. The molecule has 0 saturated carbocycles. The second kappa shape index (κ2) is 7.86. The predicted molar refractivity (Wildman–Crippen MR) is 81.6 cm³/mol. The summed E-state index contributed by atoms with van der Waals surface area (Å²) in [5.41, 5.74) is 1.15. The van der Waals surface area contributed by atoms with Crippen LogP contribution in [0, 0.1) is 5.82 Å². The Morgan fingerprint density at radius 3 is 2.67 bits per heavy atom. The molecule has 0 aliphatic carbocycles. The molecule has 2 rings (SSSR count). The maximum absolute atomic E-state index is 12.9. The summed E-state index contributed by atoms with van der Waals surface area (Å²) >= 11 is 5.87. The summed E-state index contributed by atoms with van der Waals surface area (Å²) in [5, 5.41) is 3.34. The molecule has 0 amide bonds. The van der Waals surface area contributed by atoms with Crippen LogP contribution in [-0.4, -0.2) is 20.3 Å². The Hall–Kier alpha value is -1.78. The third kappa shape index (κ3) is 4.92. The van der Waals surface area contributed by atoms with E-state index in [2.05, 4.69) is 5.32 Å². The Morgan fingerprint density at radius 2 is 1.90 bits per heavy atom. The van der Waals surface area contributed by atoms with E-state index in [1.807, 2.05) is 31.3 Å². The van der Waals surface area contributed by atoms with E-state index in [1.54, 1.807) is 0 Å². The van der Waals surface area contributed by atoms with Crippen molar-refractivity contribution in [1.29, 1.82) is 0 Å². The van der Waals surface area contributed by atoms with E-state index < -0.39 is 0 Å². The highest BCUT2D eigenvalue weighted by Crippen LogP contribution is 2.24. The molecule has 0 atom stereocenters. The van der Waals surface area contributed by atoms with Gasteiger partial charge in [-0.15, -0.1) is 0 Å². The van der Waals surface area contributed by atoms with Crippen LogP contribution in [-0.2, 0) is 6.54 Å². The van der Waals surface area contributed by atoms with Gasteiger partial charge in [-0.3, -0.25) is 0 Å². The third-order valence-electron chi connectivity index (χ3n) is 2.78. The van der Waals surface area contributed by atoms with Crippen LogP contribution in [0.25, 0.3) is 0 Å². The summed E-state index contributed by atoms with van der Waals surface area (Å²) in [6.45, 7) is 1.51. The Labute approximate surface area is 128 Å². The molecule has 21 heavy (non-hydrogen) atoms. The Morgan fingerprint density at radius 1 is 1.10 bits per heavy atom. The molecule has 0 radical (unpaired) electrons. The van der Waals surface area contributed by atoms with Gasteiger partial charge in [-0.1, -0.05) is 23.7 Å². The standard InChI is InChI=1S/C16H17ClFNO2/c1-19-11-12-3-2-4-14(9-12)20-7-8-21-16-6-5-13(18)10-15(16)17/h2-6,9-10,19H,7-8,11H2,1H3. The van der Waals surface area contributed by atoms with Crippen LogP contribution in [0.5, 0.6) is 11.5 Å². The lowest BCUT2D eigenvalue weighted by molar-refractivity contribution is 0.217. The molecule has 0 spiro atoms. The molecule has 0 aliphatic rings. The minimum atomic E-state index is -0.384. The van der Waals surface area contributed by atoms with Crippen molar-refractivity contribution in [2.75, 3.05) is 20.3 Å². The largest absolute Gasteiger partial charge is 0.490 e. The lowest BCUT2D eigenvalue weighted by Crippen LogP contribution is -2.10. The minimum Gasteiger partial charge on any atom is -0.490 e. The summed E-state index contributed by atoms with van der Waals surface area (Å²) in [6.07, 6.45) is 0. The SMILES string of the molecule is CNCc1cccc(OCCOc2ccc(F)cc2Cl)c1. The lowest BCUT2D eigenvalue weighted by atomic mass is 10.2. The summed E-state index contributed by atoms with van der Waals surface area (Å²) < 4.78 is 24.0. The smallest absolute Gasteiger partial charge is 0.138 e. The second-order valence-corrected chi connectivity index (χ2v) is 4.86. The summed E-state index contributed by atoms with van der Waals surface area (Å²) in [5.74, 6) is 0.854. The molecule has 0 bridgehead atoms. The Kier molecular flexibility index (Phi) is 5.84. The van der Waals surface area contributed by atoms with Crippen LogP contribution in [0.2, 0.25) is 5.02 Å². The number of hydrogen-bond donors (Lipinski definition) is 1. The van der Waals surface area contributed by atoms with Crippen LogP contribution >= 0.6 is 11.6 Å². The summed E-state index contributed by atoms with van der Waals surface area (Å²) in [7, 11) is 1.90. The van der Waals surface area contributed by atoms with Gasteiger partial charge in [0, 0.05) is 6.54 Å². The quantitative estimate of drug-likeness (QED) is 0.792. The molecule has 1 N–H and O–H groups in total. The highest BCUT2D eigenvalue weighted by atomic mass is 35.5. The molecule has 5 heteroatoms. The molecular formula is C16H17ClFNO2. The molecule has 0 saturated heterocycles. The van der Waals surface area contributed by atoms with Gasteiger partial charge in [-0.05, 0) is 42.9 Å². The zero-order chi connectivity index (χ0) is 15.1. The first kappa shape index (κ1) is 15.6. The number of halogens is 2. The number of ether oxygens (including phenoxy) is 2. The predicted octanol–water partition coefficient (Wildman–Crippen LogP) is 3.66. The van der Waals surface area contributed by atoms with E-state index in [4.69, 9.17) is 21.1 Å². The Balaban J connectivity index is 1.80. The van der Waals surface area contributed by atoms with Crippen molar-refractivity contribution in [3.8, 4) is 11.5 Å². The number of benzene rings is 2. The molecule has 0 heterocycles. The van der Waals surface area contributed by atoms with Crippen LogP contribution in [0.4, 0.5) is 4.39 Å². The monoisotopic (exact) mass is 309 g/mol. The molecule has 0 aliphatic heterocycles. The van der Waals surface area contributed by atoms with E-state index in [0.717, 1.165) is 17.9 Å². The van der Waals surface area contributed by atoms with Gasteiger partial charge in [0.15, 0.2) is 0 Å². The van der Waals surface area contributed by atoms with E-state index in [9.17, 15) is 4.39 Å². The maximum Gasteiger partial charge on any atom is 0.138 e. The van der Waals surface area contributed by atoms with Crippen molar-refractivity contribution < 1.29 is 13.9 Å². The molecule has 3 nitrogen and oxygen atoms in total. The second-order valence-electron chi connectivity index (χ2n) is 4.45. The Bertz CT molecular complexity index is 592. The molecular weight excluding hydrogens is 293 g/mol. The van der Waals surface area contributed by atoms with Gasteiger partial charge in [0.1, 0.15) is 30.5 Å². The topological polar surface area (TPSA) is 30.5 Å². The van der Waals surface area contributed by atoms with Gasteiger partial charge in [-0.25, -0.2) is 4.39 Å². The minimum absolute atomic E-state index is 0.256. The average molecular weight is 310 g/mol. The van der Waals surface area contributed by atoms with Crippen LogP contribution in [0.15, 0.2) is 42.5 Å². The first-order chi connectivity index (χ1) is 10.2. The zero-order valence-corrected chi connectivity index (χ0v) is 12.5. The number of nitrogens with one attached hydrogen (secondary N) is 1. The molecule has 2 aromatic rings. The fourth-order valence-corrected chi connectivity index (χ4v) is 2.07. The van der Waals surface area contributed by atoms with Gasteiger partial charge in [-0.2, -0.15) is 0 Å². The van der Waals surface area contributed by atoms with Crippen LogP contribution in [0.3, 0.4) is 0 Å². The molecule has 0 unspecified atom stereocenters. The van der Waals surface area contributed by atoms with Crippen LogP contribution < -0.4 is 14.8 Å². The first-order valence-corrected chi connectivity index (χ1v) is 7.01. The molecule has 0 fully saturated rings. The third-order valence-corrected chi connectivity index (χ3v) is 3.08. The van der Waals surface area contributed by atoms with Crippen molar-refractivity contribution in [1.82, 2.24) is 5.32 Å². The van der Waals surface area contributed by atoms with E-state index >= 15 is 0 Å². The van der Waals surface area contributed by atoms with Crippen molar-refractivity contribution in [2.24, 2.45) is 0 Å². The van der Waals surface area contributed by atoms with E-state index in [0.29, 0.717) is 19.0 Å². The average Bonchev–Trinajstić information content (AvgIpc) is 2.46. The number of hydrogen-bond acceptors (Lipinski definition) is 3. The van der Waals surface area contributed by atoms with Gasteiger partial charge >= 0.3 is 0 Å². The van der Waals surface area contributed by atoms with Crippen molar-refractivity contribution in [3.63, 3.8) is 0 Å².